The number of rotatable bonds is 6. The van der Waals surface area contributed by atoms with Crippen LogP contribution in [-0.4, -0.2) is 18.7 Å². The zero-order chi connectivity index (χ0) is 24.3. The molecule has 3 aromatic carbocycles. The molecule has 1 aliphatic rings. The number of ether oxygens (including phenoxy) is 1. The Morgan fingerprint density at radius 3 is 1.74 bits per heavy atom. The minimum Gasteiger partial charge on any atom is -0.372 e. The van der Waals surface area contributed by atoms with Crippen LogP contribution in [0.4, 0.5) is 26.3 Å². The van der Waals surface area contributed by atoms with Crippen LogP contribution in [0.1, 0.15) is 40.2 Å². The summed E-state index contributed by atoms with van der Waals surface area (Å²) in [6.07, 6.45) is -9.58. The molecule has 0 aliphatic carbocycles. The summed E-state index contributed by atoms with van der Waals surface area (Å²) in [6.45, 7) is 0.272. The molecule has 0 amide bonds. The topological polar surface area (TPSA) is 21.3 Å². The molecule has 0 radical (unpaired) electrons. The van der Waals surface area contributed by atoms with Crippen LogP contribution in [0.15, 0.2) is 78.9 Å². The van der Waals surface area contributed by atoms with E-state index in [0.29, 0.717) is 13.0 Å². The van der Waals surface area contributed by atoms with E-state index in [2.05, 4.69) is 5.32 Å². The number of alkyl halides is 6. The van der Waals surface area contributed by atoms with Crippen molar-refractivity contribution in [1.29, 1.82) is 0 Å². The van der Waals surface area contributed by atoms with E-state index in [9.17, 15) is 26.3 Å². The average Bonchev–Trinajstić information content (AvgIpc) is 3.26. The number of hydrogen-bond acceptors (Lipinski definition) is 2. The van der Waals surface area contributed by atoms with Crippen LogP contribution in [0.2, 0.25) is 0 Å². The van der Waals surface area contributed by atoms with Gasteiger partial charge in [0.15, 0.2) is 0 Å². The van der Waals surface area contributed by atoms with Crippen molar-refractivity contribution in [1.82, 2.24) is 5.32 Å². The van der Waals surface area contributed by atoms with Gasteiger partial charge >= 0.3 is 12.4 Å². The molecule has 0 saturated carbocycles. The molecule has 2 atom stereocenters. The van der Waals surface area contributed by atoms with Crippen LogP contribution < -0.4 is 5.32 Å². The summed E-state index contributed by atoms with van der Waals surface area (Å²) >= 11 is 0. The van der Waals surface area contributed by atoms with Gasteiger partial charge in [-0.1, -0.05) is 60.7 Å². The minimum absolute atomic E-state index is 0.0952. The summed E-state index contributed by atoms with van der Waals surface area (Å²) in [6, 6.07) is 20.9. The first-order valence-corrected chi connectivity index (χ1v) is 10.9. The summed E-state index contributed by atoms with van der Waals surface area (Å²) in [7, 11) is 0. The predicted molar refractivity (Wildman–Crippen MR) is 116 cm³/mol. The van der Waals surface area contributed by atoms with E-state index in [4.69, 9.17) is 4.74 Å². The van der Waals surface area contributed by atoms with Gasteiger partial charge in [-0.05, 0) is 47.9 Å². The molecule has 1 saturated heterocycles. The molecule has 2 nitrogen and oxygen atoms in total. The van der Waals surface area contributed by atoms with Crippen molar-refractivity contribution in [3.63, 3.8) is 0 Å². The molecule has 0 bridgehead atoms. The monoisotopic (exact) mass is 479 g/mol. The Morgan fingerprint density at radius 2 is 1.26 bits per heavy atom. The van der Waals surface area contributed by atoms with E-state index >= 15 is 0 Å². The highest BCUT2D eigenvalue weighted by Gasteiger charge is 2.38. The Balaban J connectivity index is 1.60. The quantitative estimate of drug-likeness (QED) is 0.393. The van der Waals surface area contributed by atoms with Crippen LogP contribution in [-0.2, 0) is 23.7 Å². The zero-order valence-electron chi connectivity index (χ0n) is 18.0. The van der Waals surface area contributed by atoms with E-state index in [1.807, 2.05) is 60.7 Å². The molecule has 3 aromatic rings. The average molecular weight is 479 g/mol. The molecular formula is C26H23F6NO. The van der Waals surface area contributed by atoms with Crippen LogP contribution in [0.25, 0.3) is 0 Å². The number of benzene rings is 3. The minimum atomic E-state index is -4.89. The predicted octanol–water partition coefficient (Wildman–Crippen LogP) is 6.80. The fourth-order valence-corrected chi connectivity index (χ4v) is 4.46. The van der Waals surface area contributed by atoms with Crippen LogP contribution in [0.5, 0.6) is 0 Å². The maximum absolute atomic E-state index is 13.2. The van der Waals surface area contributed by atoms with Gasteiger partial charge in [-0.2, -0.15) is 26.3 Å². The summed E-state index contributed by atoms with van der Waals surface area (Å²) in [4.78, 5) is 0. The van der Waals surface area contributed by atoms with Crippen molar-refractivity contribution in [2.24, 2.45) is 0 Å². The zero-order valence-corrected chi connectivity index (χ0v) is 18.0. The summed E-state index contributed by atoms with van der Waals surface area (Å²) in [5.41, 5.74) is -0.758. The van der Waals surface area contributed by atoms with Crippen LogP contribution in [0.3, 0.4) is 0 Å². The lowest BCUT2D eigenvalue weighted by Crippen LogP contribution is -2.38. The summed E-state index contributed by atoms with van der Waals surface area (Å²) in [5.74, 6) is -0.0952. The fraction of sp³-hybridized carbons (Fsp3) is 0.308. The Kier molecular flexibility index (Phi) is 7.00. The highest BCUT2D eigenvalue weighted by atomic mass is 19.4. The standard InChI is InChI=1S/C26H23F6NO/c27-25(28,29)20-13-17(14-21(15-20)26(30,31)32)16-34-22-11-12-33-24(22)23(18-7-3-1-4-8-18)19-9-5-2-6-10-19/h1-10,13-15,22-24,33H,11-12,16H2/t22-,24-/m0/s1. The van der Waals surface area contributed by atoms with Gasteiger partial charge in [0, 0.05) is 12.0 Å². The Bertz CT molecular complexity index is 1010. The van der Waals surface area contributed by atoms with Crippen molar-refractivity contribution in [3.05, 3.63) is 107 Å². The van der Waals surface area contributed by atoms with E-state index < -0.39 is 29.6 Å². The second-order valence-corrected chi connectivity index (χ2v) is 8.33. The van der Waals surface area contributed by atoms with Gasteiger partial charge in [0.25, 0.3) is 0 Å². The van der Waals surface area contributed by atoms with E-state index in [1.54, 1.807) is 0 Å². The summed E-state index contributed by atoms with van der Waals surface area (Å²) < 4.78 is 85.2. The third-order valence-corrected chi connectivity index (χ3v) is 6.00. The summed E-state index contributed by atoms with van der Waals surface area (Å²) in [5, 5.41) is 3.43. The van der Waals surface area contributed by atoms with Crippen molar-refractivity contribution in [2.45, 2.75) is 43.4 Å². The fourth-order valence-electron chi connectivity index (χ4n) is 4.46. The highest BCUT2D eigenvalue weighted by molar-refractivity contribution is 5.36. The van der Waals surface area contributed by atoms with Crippen molar-refractivity contribution in [2.75, 3.05) is 6.54 Å². The van der Waals surface area contributed by atoms with Crippen LogP contribution in [0, 0.1) is 0 Å². The number of hydrogen-bond donors (Lipinski definition) is 1. The van der Waals surface area contributed by atoms with Gasteiger partial charge in [-0.15, -0.1) is 0 Å². The van der Waals surface area contributed by atoms with E-state index in [0.717, 1.165) is 23.3 Å². The SMILES string of the molecule is FC(F)(F)c1cc(CO[C@H]2CCN[C@@H]2C(c2ccccc2)c2ccccc2)cc(C(F)(F)F)c1. The van der Waals surface area contributed by atoms with Gasteiger partial charge in [0.05, 0.1) is 23.8 Å². The molecule has 180 valence electrons. The maximum Gasteiger partial charge on any atom is 0.416 e. The van der Waals surface area contributed by atoms with E-state index in [1.165, 1.54) is 0 Å². The van der Waals surface area contributed by atoms with Crippen molar-refractivity contribution >= 4 is 0 Å². The largest absolute Gasteiger partial charge is 0.416 e. The molecule has 34 heavy (non-hydrogen) atoms. The molecule has 4 rings (SSSR count). The molecular weight excluding hydrogens is 456 g/mol. The van der Waals surface area contributed by atoms with Gasteiger partial charge in [0.1, 0.15) is 0 Å². The third-order valence-electron chi connectivity index (χ3n) is 6.00. The first kappa shape index (κ1) is 24.3. The first-order chi connectivity index (χ1) is 16.1. The second kappa shape index (κ2) is 9.80. The van der Waals surface area contributed by atoms with Crippen molar-refractivity contribution < 1.29 is 31.1 Å². The molecule has 1 aliphatic heterocycles. The molecule has 0 spiro atoms. The first-order valence-electron chi connectivity index (χ1n) is 10.9. The van der Waals surface area contributed by atoms with Crippen molar-refractivity contribution in [3.8, 4) is 0 Å². The normalized spacial score (nSPS) is 19.0. The molecule has 0 aromatic heterocycles. The molecule has 1 fully saturated rings. The lowest BCUT2D eigenvalue weighted by atomic mass is 9.83. The Morgan fingerprint density at radius 1 is 0.765 bits per heavy atom. The lowest BCUT2D eigenvalue weighted by Gasteiger charge is -2.30. The lowest BCUT2D eigenvalue weighted by molar-refractivity contribution is -0.143. The van der Waals surface area contributed by atoms with Gasteiger partial charge in [-0.3, -0.25) is 0 Å². The number of nitrogens with one attached hydrogen (secondary N) is 1. The second-order valence-electron chi connectivity index (χ2n) is 8.33. The maximum atomic E-state index is 13.2. The molecule has 1 N–H and O–H groups in total. The third kappa shape index (κ3) is 5.62. The van der Waals surface area contributed by atoms with Gasteiger partial charge in [0.2, 0.25) is 0 Å². The highest BCUT2D eigenvalue weighted by Crippen LogP contribution is 2.37. The molecule has 1 heterocycles. The molecule has 0 unspecified atom stereocenters. The van der Waals surface area contributed by atoms with E-state index in [-0.39, 0.29) is 30.2 Å². The molecule has 8 heteroatoms. The Labute approximate surface area is 193 Å². The van der Waals surface area contributed by atoms with Gasteiger partial charge in [-0.25, -0.2) is 0 Å². The Hall–Kier alpha value is -2.84. The van der Waals surface area contributed by atoms with Crippen LogP contribution >= 0.6 is 0 Å². The smallest absolute Gasteiger partial charge is 0.372 e. The van der Waals surface area contributed by atoms with Gasteiger partial charge < -0.3 is 10.1 Å². The number of halogens is 6.